The summed E-state index contributed by atoms with van der Waals surface area (Å²) < 4.78 is 67.3. The Hall–Kier alpha value is -4.14. The second kappa shape index (κ2) is 10.5. The van der Waals surface area contributed by atoms with Gasteiger partial charge in [-0.25, -0.2) is 13.4 Å². The summed E-state index contributed by atoms with van der Waals surface area (Å²) in [6.07, 6.45) is 0.927. The molecule has 1 amide bonds. The first-order chi connectivity index (χ1) is 21.0. The number of fused-ring (bicyclic) bond motifs is 9. The molecule has 4 atom stereocenters. The van der Waals surface area contributed by atoms with Crippen molar-refractivity contribution in [1.29, 1.82) is 0 Å². The van der Waals surface area contributed by atoms with Crippen molar-refractivity contribution in [1.82, 2.24) is 24.6 Å². The number of hydrogen-bond donors (Lipinski definition) is 3. The Morgan fingerprint density at radius 3 is 2.73 bits per heavy atom. The van der Waals surface area contributed by atoms with E-state index in [1.165, 1.54) is 24.4 Å². The SMILES string of the molecule is CC(C)CS(=O)(=O)NC1OCC1c1ncc(-c2c(OC(F)F)ccc3c2[C@H]2C[C@@H](NC3=O)c3nc4ccccc4n32)cc1O. The lowest BCUT2D eigenvalue weighted by atomic mass is 9.88. The Balaban J connectivity index is 1.34. The Bertz CT molecular complexity index is 1910. The van der Waals surface area contributed by atoms with E-state index in [9.17, 15) is 27.1 Å². The Morgan fingerprint density at radius 2 is 2.02 bits per heavy atom. The number of aromatic nitrogens is 3. The number of halogens is 2. The van der Waals surface area contributed by atoms with Crippen molar-refractivity contribution in [3.05, 3.63) is 71.3 Å². The largest absolute Gasteiger partial charge is 0.506 e. The van der Waals surface area contributed by atoms with Crippen molar-refractivity contribution in [2.24, 2.45) is 5.92 Å². The predicted octanol–water partition coefficient (Wildman–Crippen LogP) is 4.20. The number of imidazole rings is 1. The summed E-state index contributed by atoms with van der Waals surface area (Å²) >= 11 is 0. The highest BCUT2D eigenvalue weighted by Gasteiger charge is 2.43. The normalized spacial score (nSPS) is 22.5. The number of pyridine rings is 1. The molecule has 5 heterocycles. The van der Waals surface area contributed by atoms with Gasteiger partial charge in [0.05, 0.1) is 47.1 Å². The van der Waals surface area contributed by atoms with Crippen molar-refractivity contribution in [3.63, 3.8) is 0 Å². The van der Waals surface area contributed by atoms with Gasteiger partial charge < -0.3 is 24.5 Å². The van der Waals surface area contributed by atoms with Gasteiger partial charge in [0.25, 0.3) is 5.91 Å². The Kier molecular flexibility index (Phi) is 6.83. The van der Waals surface area contributed by atoms with Gasteiger partial charge in [0.1, 0.15) is 23.6 Å². The quantitative estimate of drug-likeness (QED) is 0.264. The van der Waals surface area contributed by atoms with Gasteiger partial charge in [-0.2, -0.15) is 13.5 Å². The average Bonchev–Trinajstić information content (AvgIpc) is 3.44. The molecule has 7 rings (SSSR count). The van der Waals surface area contributed by atoms with Gasteiger partial charge in [-0.3, -0.25) is 9.78 Å². The number of amides is 1. The topological polar surface area (TPSA) is 145 Å². The lowest BCUT2D eigenvalue weighted by Gasteiger charge is -2.36. The third-order valence-corrected chi connectivity index (χ3v) is 9.92. The average molecular weight is 626 g/mol. The fraction of sp³-hybridized carbons (Fsp3) is 0.367. The third-order valence-electron chi connectivity index (χ3n) is 8.22. The van der Waals surface area contributed by atoms with Gasteiger partial charge in [0, 0.05) is 22.9 Å². The van der Waals surface area contributed by atoms with Gasteiger partial charge >= 0.3 is 6.61 Å². The van der Waals surface area contributed by atoms with Crippen LogP contribution in [0.4, 0.5) is 8.78 Å². The number of aromatic hydroxyl groups is 1. The summed E-state index contributed by atoms with van der Waals surface area (Å²) in [6.45, 7) is 0.535. The number of nitrogens with one attached hydrogen (secondary N) is 2. The molecule has 2 aromatic carbocycles. The lowest BCUT2D eigenvalue weighted by molar-refractivity contribution is -0.0847. The zero-order valence-electron chi connectivity index (χ0n) is 23.7. The van der Waals surface area contributed by atoms with E-state index in [0.29, 0.717) is 17.8 Å². The number of carbonyl (C=O) groups is 1. The summed E-state index contributed by atoms with van der Waals surface area (Å²) in [4.78, 5) is 22.6. The minimum Gasteiger partial charge on any atom is -0.506 e. The van der Waals surface area contributed by atoms with E-state index < -0.39 is 40.9 Å². The second-order valence-electron chi connectivity index (χ2n) is 11.7. The van der Waals surface area contributed by atoms with Crippen LogP contribution >= 0.6 is 0 Å². The molecule has 11 nitrogen and oxygen atoms in total. The minimum absolute atomic E-state index is 0.0898. The maximum Gasteiger partial charge on any atom is 0.387 e. The maximum absolute atomic E-state index is 13.7. The number of benzene rings is 2. The van der Waals surface area contributed by atoms with Crippen molar-refractivity contribution < 1.29 is 36.6 Å². The number of ether oxygens (including phenoxy) is 2. The molecule has 2 aromatic heterocycles. The first-order valence-electron chi connectivity index (χ1n) is 14.2. The first kappa shape index (κ1) is 28.6. The molecule has 0 aliphatic carbocycles. The van der Waals surface area contributed by atoms with E-state index in [1.807, 2.05) is 28.8 Å². The molecule has 2 unspecified atom stereocenters. The van der Waals surface area contributed by atoms with E-state index in [1.54, 1.807) is 13.8 Å². The summed E-state index contributed by atoms with van der Waals surface area (Å²) in [5.74, 6) is -0.939. The molecule has 2 bridgehead atoms. The fourth-order valence-electron chi connectivity index (χ4n) is 6.49. The van der Waals surface area contributed by atoms with E-state index in [-0.39, 0.29) is 58.1 Å². The fourth-order valence-corrected chi connectivity index (χ4v) is 8.05. The van der Waals surface area contributed by atoms with Crippen molar-refractivity contribution in [2.75, 3.05) is 12.4 Å². The van der Waals surface area contributed by atoms with Crippen LogP contribution in [0.1, 0.15) is 65.7 Å². The third kappa shape index (κ3) is 4.77. The zero-order valence-corrected chi connectivity index (χ0v) is 24.5. The highest BCUT2D eigenvalue weighted by Crippen LogP contribution is 2.50. The molecule has 44 heavy (non-hydrogen) atoms. The number of hydrogen-bond acceptors (Lipinski definition) is 8. The van der Waals surface area contributed by atoms with E-state index >= 15 is 0 Å². The van der Waals surface area contributed by atoms with Crippen LogP contribution in [-0.2, 0) is 14.8 Å². The molecule has 3 aliphatic heterocycles. The smallest absolute Gasteiger partial charge is 0.387 e. The highest BCUT2D eigenvalue weighted by atomic mass is 32.2. The first-order valence-corrected chi connectivity index (χ1v) is 15.9. The molecule has 1 saturated heterocycles. The second-order valence-corrected chi connectivity index (χ2v) is 13.5. The molecule has 0 spiro atoms. The van der Waals surface area contributed by atoms with Crippen LogP contribution in [0.2, 0.25) is 0 Å². The summed E-state index contributed by atoms with van der Waals surface area (Å²) in [7, 11) is -3.64. The van der Waals surface area contributed by atoms with Crippen molar-refractivity contribution >= 4 is 27.0 Å². The van der Waals surface area contributed by atoms with Crippen LogP contribution in [0.3, 0.4) is 0 Å². The molecule has 4 aromatic rings. The van der Waals surface area contributed by atoms with E-state index in [0.717, 1.165) is 11.0 Å². The monoisotopic (exact) mass is 625 g/mol. The molecule has 230 valence electrons. The van der Waals surface area contributed by atoms with Gasteiger partial charge in [-0.1, -0.05) is 26.0 Å². The summed E-state index contributed by atoms with van der Waals surface area (Å²) in [5.41, 5.74) is 2.94. The van der Waals surface area contributed by atoms with Crippen LogP contribution in [0.15, 0.2) is 48.7 Å². The molecule has 0 radical (unpaired) electrons. The van der Waals surface area contributed by atoms with Crippen LogP contribution in [0.25, 0.3) is 22.2 Å². The Morgan fingerprint density at radius 1 is 1.23 bits per heavy atom. The van der Waals surface area contributed by atoms with Gasteiger partial charge in [-0.15, -0.1) is 0 Å². The molecule has 3 aliphatic rings. The number of rotatable bonds is 8. The summed E-state index contributed by atoms with van der Waals surface area (Å²) in [6, 6.07) is 10.8. The number of nitrogens with zero attached hydrogens (tertiary/aromatic N) is 3. The number of alkyl halides is 2. The molecule has 0 saturated carbocycles. The van der Waals surface area contributed by atoms with Gasteiger partial charge in [0.15, 0.2) is 0 Å². The summed E-state index contributed by atoms with van der Waals surface area (Å²) in [5, 5.41) is 14.2. The van der Waals surface area contributed by atoms with Crippen LogP contribution in [-0.4, -0.2) is 59.2 Å². The van der Waals surface area contributed by atoms with E-state index in [4.69, 9.17) is 14.5 Å². The maximum atomic E-state index is 13.7. The van der Waals surface area contributed by atoms with E-state index in [2.05, 4.69) is 15.0 Å². The highest BCUT2D eigenvalue weighted by molar-refractivity contribution is 7.89. The van der Waals surface area contributed by atoms with Crippen molar-refractivity contribution in [3.8, 4) is 22.6 Å². The molecular formula is C30H29F2N5O6S. The molecular weight excluding hydrogens is 596 g/mol. The number of para-hydroxylation sites is 2. The molecule has 3 N–H and O–H groups in total. The zero-order chi connectivity index (χ0) is 30.9. The van der Waals surface area contributed by atoms with Gasteiger partial charge in [-0.05, 0) is 48.2 Å². The van der Waals surface area contributed by atoms with Crippen molar-refractivity contribution in [2.45, 2.75) is 51.1 Å². The predicted molar refractivity (Wildman–Crippen MR) is 155 cm³/mol. The molecule has 1 fully saturated rings. The number of carbonyl (C=O) groups excluding carboxylic acids is 1. The van der Waals surface area contributed by atoms with Crippen LogP contribution in [0.5, 0.6) is 11.5 Å². The minimum atomic E-state index is -3.64. The van der Waals surface area contributed by atoms with Crippen LogP contribution < -0.4 is 14.8 Å². The molecule has 14 heteroatoms. The van der Waals surface area contributed by atoms with Gasteiger partial charge in [0.2, 0.25) is 10.0 Å². The number of sulfonamides is 1. The lowest BCUT2D eigenvalue weighted by Crippen LogP contribution is -2.51. The standard InChI is InChI=1S/C30H29F2N5O6S/c1-14(2)13-44(40,41)36-29-17(12-42-29)26-22(38)9-15(11-33-26)24-23(43-30(31)32)8-7-16-25(24)21-10-19(35-28(16)39)27-34-18-5-3-4-6-20(18)37(21)27/h3-9,11,14,17,19,21,29-30,36,38H,10,12-13H2,1-2H3,(H,35,39)/t17?,19-,21-,29?/m1/s1. The Labute approximate surface area is 251 Å². The van der Waals surface area contributed by atoms with Crippen LogP contribution in [0, 0.1) is 5.92 Å².